The van der Waals surface area contributed by atoms with Crippen LogP contribution in [0, 0.1) is 21.4 Å². The fourth-order valence-corrected chi connectivity index (χ4v) is 1.63. The minimum Gasteiger partial charge on any atom is -0.404 e. The molecule has 0 aliphatic heterocycles. The summed E-state index contributed by atoms with van der Waals surface area (Å²) in [6, 6.07) is 9.69. The summed E-state index contributed by atoms with van der Waals surface area (Å²) in [4.78, 5) is 9.85. The van der Waals surface area contributed by atoms with Crippen molar-refractivity contribution in [2.45, 2.75) is 6.54 Å². The van der Waals surface area contributed by atoms with Crippen molar-refractivity contribution in [3.63, 3.8) is 0 Å². The third-order valence-corrected chi connectivity index (χ3v) is 2.71. The molecule has 0 spiro atoms. The zero-order chi connectivity index (χ0) is 13.8. The van der Waals surface area contributed by atoms with Gasteiger partial charge in [0.2, 0.25) is 0 Å². The summed E-state index contributed by atoms with van der Waals surface area (Å²) in [6.07, 6.45) is 0. The molecule has 19 heavy (non-hydrogen) atoms. The molecule has 0 amide bonds. The van der Waals surface area contributed by atoms with Crippen LogP contribution in [0.4, 0.5) is 11.6 Å². The average Bonchev–Trinajstić information content (AvgIpc) is 2.87. The summed E-state index contributed by atoms with van der Waals surface area (Å²) in [5, 5.41) is 22.7. The number of anilines is 1. The van der Waals surface area contributed by atoms with Crippen molar-refractivity contribution in [3.8, 4) is 6.07 Å². The van der Waals surface area contributed by atoms with Crippen LogP contribution in [0.1, 0.15) is 11.3 Å². The molecule has 1 heterocycles. The van der Waals surface area contributed by atoms with E-state index in [1.54, 1.807) is 18.2 Å². The van der Waals surface area contributed by atoms with Crippen molar-refractivity contribution in [2.24, 2.45) is 0 Å². The van der Waals surface area contributed by atoms with E-state index >= 15 is 0 Å². The van der Waals surface area contributed by atoms with Crippen molar-refractivity contribution < 1.29 is 9.34 Å². The predicted octanol–water partition coefficient (Wildman–Crippen LogP) is 3.32. The number of nitriles is 1. The minimum atomic E-state index is -0.598. The molecule has 1 N–H and O–H groups in total. The Morgan fingerprint density at radius 1 is 1.42 bits per heavy atom. The zero-order valence-electron chi connectivity index (χ0n) is 9.59. The number of rotatable bonds is 4. The summed E-state index contributed by atoms with van der Waals surface area (Å²) in [7, 11) is 0. The number of nitro groups is 1. The Morgan fingerprint density at radius 3 is 2.84 bits per heavy atom. The van der Waals surface area contributed by atoms with Gasteiger partial charge in [-0.3, -0.25) is 10.1 Å². The largest absolute Gasteiger partial charge is 0.433 e. The monoisotopic (exact) mass is 277 g/mol. The van der Waals surface area contributed by atoms with Crippen LogP contribution < -0.4 is 5.32 Å². The second-order valence-electron chi connectivity index (χ2n) is 3.66. The quantitative estimate of drug-likeness (QED) is 0.683. The average molecular weight is 278 g/mol. The van der Waals surface area contributed by atoms with Gasteiger partial charge in [-0.05, 0) is 24.3 Å². The summed E-state index contributed by atoms with van der Waals surface area (Å²) in [5.74, 6) is 0.130. The summed E-state index contributed by atoms with van der Waals surface area (Å²) < 4.78 is 4.99. The van der Waals surface area contributed by atoms with E-state index in [1.807, 2.05) is 6.07 Å². The molecular formula is C12H8ClN3O3. The number of nitrogens with one attached hydrogen (secondary N) is 1. The highest BCUT2D eigenvalue weighted by Gasteiger charge is 2.11. The number of hydrogen-bond acceptors (Lipinski definition) is 5. The van der Waals surface area contributed by atoms with E-state index < -0.39 is 4.92 Å². The SMILES string of the molecule is N#Cc1cc(NCc2ccc([N+](=O)[O-])o2)ccc1Cl. The number of nitrogens with zero attached hydrogens (tertiary/aromatic N) is 2. The smallest absolute Gasteiger partial charge is 0.404 e. The topological polar surface area (TPSA) is 92.1 Å². The van der Waals surface area contributed by atoms with Crippen molar-refractivity contribution in [3.05, 3.63) is 56.8 Å². The summed E-state index contributed by atoms with van der Waals surface area (Å²) >= 11 is 5.81. The lowest BCUT2D eigenvalue weighted by Gasteiger charge is -2.05. The lowest BCUT2D eigenvalue weighted by Crippen LogP contribution is -1.98. The van der Waals surface area contributed by atoms with Crippen molar-refractivity contribution in [1.29, 1.82) is 5.26 Å². The first-order valence-corrected chi connectivity index (χ1v) is 5.64. The van der Waals surface area contributed by atoms with E-state index in [1.165, 1.54) is 12.1 Å². The summed E-state index contributed by atoms with van der Waals surface area (Å²) in [5.41, 5.74) is 1.04. The lowest BCUT2D eigenvalue weighted by molar-refractivity contribution is -0.402. The minimum absolute atomic E-state index is 0.278. The van der Waals surface area contributed by atoms with E-state index in [2.05, 4.69) is 5.32 Å². The number of halogens is 1. The third-order valence-electron chi connectivity index (χ3n) is 2.38. The molecule has 2 aromatic rings. The van der Waals surface area contributed by atoms with Gasteiger partial charge in [0.15, 0.2) is 0 Å². The summed E-state index contributed by atoms with van der Waals surface area (Å²) in [6.45, 7) is 0.278. The molecule has 96 valence electrons. The molecule has 0 atom stereocenters. The van der Waals surface area contributed by atoms with Gasteiger partial charge in [0, 0.05) is 5.69 Å². The first kappa shape index (κ1) is 12.9. The van der Waals surface area contributed by atoms with Gasteiger partial charge in [0.05, 0.1) is 23.2 Å². The fraction of sp³-hybridized carbons (Fsp3) is 0.0833. The molecule has 1 aromatic heterocycles. The van der Waals surface area contributed by atoms with Gasteiger partial charge in [0.25, 0.3) is 0 Å². The Kier molecular flexibility index (Phi) is 3.68. The van der Waals surface area contributed by atoms with E-state index in [-0.39, 0.29) is 12.4 Å². The highest BCUT2D eigenvalue weighted by molar-refractivity contribution is 6.31. The van der Waals surface area contributed by atoms with E-state index in [9.17, 15) is 10.1 Å². The highest BCUT2D eigenvalue weighted by atomic mass is 35.5. The van der Waals surface area contributed by atoms with Gasteiger partial charge in [-0.1, -0.05) is 11.6 Å². The van der Waals surface area contributed by atoms with Gasteiger partial charge >= 0.3 is 5.88 Å². The maximum Gasteiger partial charge on any atom is 0.433 e. The van der Waals surface area contributed by atoms with Crippen LogP contribution >= 0.6 is 11.6 Å². The standard InChI is InChI=1S/C12H8ClN3O3/c13-11-3-1-9(5-8(11)6-14)15-7-10-2-4-12(19-10)16(17)18/h1-5,15H,7H2. The molecule has 0 saturated carbocycles. The van der Waals surface area contributed by atoms with Gasteiger partial charge < -0.3 is 9.73 Å². The molecule has 0 aliphatic rings. The Hall–Kier alpha value is -2.52. The Bertz CT molecular complexity index is 660. The Morgan fingerprint density at radius 2 is 2.21 bits per heavy atom. The van der Waals surface area contributed by atoms with Crippen molar-refractivity contribution >= 4 is 23.2 Å². The van der Waals surface area contributed by atoms with Crippen molar-refractivity contribution in [1.82, 2.24) is 0 Å². The number of furan rings is 1. The molecular weight excluding hydrogens is 270 g/mol. The van der Waals surface area contributed by atoms with Crippen LogP contribution in [0.2, 0.25) is 5.02 Å². The van der Waals surface area contributed by atoms with Gasteiger partial charge in [0.1, 0.15) is 16.8 Å². The second kappa shape index (κ2) is 5.42. The van der Waals surface area contributed by atoms with E-state index in [0.29, 0.717) is 22.0 Å². The van der Waals surface area contributed by atoms with Crippen LogP contribution in [0.25, 0.3) is 0 Å². The molecule has 0 fully saturated rings. The maximum absolute atomic E-state index is 10.5. The lowest BCUT2D eigenvalue weighted by atomic mass is 10.2. The normalized spacial score (nSPS) is 9.89. The number of hydrogen-bond donors (Lipinski definition) is 1. The fourth-order valence-electron chi connectivity index (χ4n) is 1.47. The van der Waals surface area contributed by atoms with Crippen molar-refractivity contribution in [2.75, 3.05) is 5.32 Å². The maximum atomic E-state index is 10.5. The van der Waals surface area contributed by atoms with E-state index in [0.717, 1.165) is 0 Å². The Labute approximate surface area is 113 Å². The molecule has 0 saturated heterocycles. The molecule has 6 nitrogen and oxygen atoms in total. The molecule has 2 rings (SSSR count). The zero-order valence-corrected chi connectivity index (χ0v) is 10.3. The van der Waals surface area contributed by atoms with Crippen LogP contribution in [0.5, 0.6) is 0 Å². The van der Waals surface area contributed by atoms with Crippen LogP contribution in [0.15, 0.2) is 34.7 Å². The molecule has 0 aliphatic carbocycles. The van der Waals surface area contributed by atoms with Gasteiger partial charge in [-0.15, -0.1) is 0 Å². The van der Waals surface area contributed by atoms with Gasteiger partial charge in [-0.2, -0.15) is 5.26 Å². The molecule has 7 heteroatoms. The highest BCUT2D eigenvalue weighted by Crippen LogP contribution is 2.21. The Balaban J connectivity index is 2.06. The molecule has 0 bridgehead atoms. The molecule has 0 radical (unpaired) electrons. The van der Waals surface area contributed by atoms with Crippen LogP contribution in [-0.2, 0) is 6.54 Å². The van der Waals surface area contributed by atoms with Gasteiger partial charge in [-0.25, -0.2) is 0 Å². The third kappa shape index (κ3) is 3.03. The second-order valence-corrected chi connectivity index (χ2v) is 4.06. The van der Waals surface area contributed by atoms with Crippen LogP contribution in [-0.4, -0.2) is 4.92 Å². The number of benzene rings is 1. The first-order valence-electron chi connectivity index (χ1n) is 5.27. The van der Waals surface area contributed by atoms with E-state index in [4.69, 9.17) is 21.3 Å². The van der Waals surface area contributed by atoms with Crippen LogP contribution in [0.3, 0.4) is 0 Å². The first-order chi connectivity index (χ1) is 9.10. The predicted molar refractivity (Wildman–Crippen MR) is 68.9 cm³/mol. The molecule has 1 aromatic carbocycles. The molecule has 0 unspecified atom stereocenters.